The molecule has 4 fully saturated rings. The van der Waals surface area contributed by atoms with E-state index in [0.29, 0.717) is 28.6 Å². The van der Waals surface area contributed by atoms with Crippen LogP contribution in [0.2, 0.25) is 0 Å². The van der Waals surface area contributed by atoms with Crippen LogP contribution in [0.5, 0.6) is 0 Å². The number of halogens is 1. The lowest BCUT2D eigenvalue weighted by Gasteiger charge is -2.47. The van der Waals surface area contributed by atoms with Crippen molar-refractivity contribution in [3.63, 3.8) is 0 Å². The number of oxime groups is 1. The van der Waals surface area contributed by atoms with Crippen molar-refractivity contribution in [2.24, 2.45) is 22.9 Å². The van der Waals surface area contributed by atoms with Crippen LogP contribution < -0.4 is 10.7 Å². The van der Waals surface area contributed by atoms with E-state index in [1.54, 1.807) is 45.2 Å². The van der Waals surface area contributed by atoms with Gasteiger partial charge in [-0.15, -0.1) is 0 Å². The standard InChI is InChI=1S/C48H67FN4O13/c1-13-35-48(8)41(65-45(59)66-48)27(4)36(51-60-12)25(2)23-46(6,40(28(5)39(56)47(7,49)44(58)63-35)64-43-38(55)34(52(10)11)21-26(3)62-43)61-20-14-15-29-16-19-33-31(22-29)37(54)32(42(57)50-9)24-53(33)30-17-18-30/h14-16,19,22,24-28,30,34-35,38,40-41,43,55H,13,17-18,20-21,23H2,1-12H3,(H,50,57)/b15-14+,51-36+/t25-,26-,27+,28+,34+,35-,38-,40-,41-,43+,46-,47+,48-/m1/s1. The Morgan fingerprint density at radius 2 is 1.77 bits per heavy atom. The Morgan fingerprint density at radius 1 is 1.08 bits per heavy atom. The third-order valence-corrected chi connectivity index (χ3v) is 13.8. The number of hydrogen-bond donors (Lipinski definition) is 2. The van der Waals surface area contributed by atoms with E-state index < -0.39 is 107 Å². The second-order valence-electron chi connectivity index (χ2n) is 19.1. The molecule has 1 aliphatic carbocycles. The lowest BCUT2D eigenvalue weighted by atomic mass is 9.73. The molecule has 0 radical (unpaired) electrons. The topological polar surface area (TPSA) is 203 Å². The number of esters is 1. The molecule has 17 nitrogen and oxygen atoms in total. The lowest BCUT2D eigenvalue weighted by Crippen LogP contribution is -2.61. The molecule has 0 bridgehead atoms. The highest BCUT2D eigenvalue weighted by atomic mass is 19.1. The first-order valence-corrected chi connectivity index (χ1v) is 22.8. The van der Waals surface area contributed by atoms with Crippen molar-refractivity contribution < 1.29 is 61.9 Å². The third kappa shape index (κ3) is 9.94. The van der Waals surface area contributed by atoms with Crippen LogP contribution in [0.4, 0.5) is 9.18 Å². The maximum Gasteiger partial charge on any atom is 0.509 e. The highest BCUT2D eigenvalue weighted by Crippen LogP contribution is 2.43. The van der Waals surface area contributed by atoms with Crippen molar-refractivity contribution in [3.8, 4) is 0 Å². The fourth-order valence-electron chi connectivity index (χ4n) is 10.1. The van der Waals surface area contributed by atoms with Crippen LogP contribution in [0.1, 0.15) is 109 Å². The SMILES string of the molecule is CC[C@H]1OC(=O)[C@@](C)(F)C(=O)[C@H](C)[C@@H](O[C@@H]2O[C@H](C)C[C@H](N(C)C)[C@H]2O)[C@](C)(OC/C=C/c2ccc3c(c2)c(=O)c(C(=O)NC)cn3C2CC2)C[C@@H](C)/C(=N\OC)[C@H](C)[C@H]2OC(=O)O[C@@]21C. The number of nitrogens with one attached hydrogen (secondary N) is 1. The Morgan fingerprint density at radius 3 is 2.39 bits per heavy atom. The molecule has 0 spiro atoms. The van der Waals surface area contributed by atoms with Gasteiger partial charge in [-0.25, -0.2) is 14.0 Å². The number of hydrogen-bond acceptors (Lipinski definition) is 15. The molecule has 1 amide bonds. The van der Waals surface area contributed by atoms with Crippen LogP contribution in [-0.2, 0) is 42.8 Å². The van der Waals surface area contributed by atoms with Gasteiger partial charge in [0.15, 0.2) is 23.8 Å². The summed E-state index contributed by atoms with van der Waals surface area (Å²) in [7, 11) is 6.48. The molecule has 1 saturated carbocycles. The molecule has 0 unspecified atom stereocenters. The van der Waals surface area contributed by atoms with Crippen LogP contribution in [0, 0.1) is 17.8 Å². The number of ether oxygens (including phenoxy) is 6. The smallest absolute Gasteiger partial charge is 0.455 e. The second-order valence-corrected chi connectivity index (χ2v) is 19.1. The summed E-state index contributed by atoms with van der Waals surface area (Å²) >= 11 is 0. The van der Waals surface area contributed by atoms with E-state index in [1.807, 2.05) is 49.5 Å². The maximum atomic E-state index is 17.1. The zero-order chi connectivity index (χ0) is 48.6. The zero-order valence-electron chi connectivity index (χ0n) is 40.1. The maximum absolute atomic E-state index is 17.1. The molecule has 66 heavy (non-hydrogen) atoms. The Kier molecular flexibility index (Phi) is 15.2. The van der Waals surface area contributed by atoms with Gasteiger partial charge in [-0.3, -0.25) is 14.4 Å². The van der Waals surface area contributed by atoms with Crippen molar-refractivity contribution >= 4 is 46.5 Å². The number of aliphatic hydroxyl groups excluding tert-OH is 1. The fraction of sp³-hybridized carbons (Fsp3) is 0.667. The molecule has 364 valence electrons. The number of rotatable bonds is 11. The van der Waals surface area contributed by atoms with E-state index in [0.717, 1.165) is 19.8 Å². The van der Waals surface area contributed by atoms with Crippen molar-refractivity contribution in [2.45, 2.75) is 153 Å². The van der Waals surface area contributed by atoms with Crippen LogP contribution in [-0.4, -0.2) is 139 Å². The van der Waals surface area contributed by atoms with Gasteiger partial charge in [-0.2, -0.15) is 0 Å². The third-order valence-electron chi connectivity index (χ3n) is 13.8. The molecule has 4 aliphatic rings. The van der Waals surface area contributed by atoms with E-state index in [4.69, 9.17) is 33.3 Å². The van der Waals surface area contributed by atoms with Crippen molar-refractivity contribution in [1.29, 1.82) is 0 Å². The van der Waals surface area contributed by atoms with Crippen molar-refractivity contribution in [1.82, 2.24) is 14.8 Å². The number of carbonyl (C=O) groups is 4. The Hall–Kier alpha value is -4.75. The zero-order valence-corrected chi connectivity index (χ0v) is 40.1. The molecule has 2 N–H and O–H groups in total. The minimum Gasteiger partial charge on any atom is -0.455 e. The first kappa shape index (κ1) is 50.7. The van der Waals surface area contributed by atoms with Crippen LogP contribution >= 0.6 is 0 Å². The van der Waals surface area contributed by atoms with E-state index in [2.05, 4.69) is 10.5 Å². The summed E-state index contributed by atoms with van der Waals surface area (Å²) in [5.74, 6) is -5.94. The van der Waals surface area contributed by atoms with Gasteiger partial charge in [0.1, 0.15) is 24.9 Å². The summed E-state index contributed by atoms with van der Waals surface area (Å²) in [4.78, 5) is 75.1. The van der Waals surface area contributed by atoms with Crippen LogP contribution in [0.25, 0.3) is 17.0 Å². The predicted molar refractivity (Wildman–Crippen MR) is 242 cm³/mol. The number of ketones is 1. The number of aliphatic hydroxyl groups is 1. The van der Waals surface area contributed by atoms with Gasteiger partial charge in [-0.1, -0.05) is 51.1 Å². The fourth-order valence-corrected chi connectivity index (χ4v) is 10.1. The van der Waals surface area contributed by atoms with Crippen LogP contribution in [0.15, 0.2) is 40.4 Å². The molecule has 1 aromatic heterocycles. The summed E-state index contributed by atoms with van der Waals surface area (Å²) in [6.07, 6.45) is -0.220. The summed E-state index contributed by atoms with van der Waals surface area (Å²) in [6.45, 7) is 12.5. The second kappa shape index (κ2) is 19.8. The normalized spacial score (nSPS) is 36.5. The minimum absolute atomic E-state index is 0.0208. The number of alkyl halides is 1. The lowest BCUT2D eigenvalue weighted by molar-refractivity contribution is -0.296. The molecule has 13 atom stereocenters. The van der Waals surface area contributed by atoms with Crippen molar-refractivity contribution in [3.05, 3.63) is 51.8 Å². The number of likely N-dealkylation sites (N-methyl/N-ethyl adjacent to an activating group) is 1. The molecular formula is C48H67FN4O13. The number of nitrogens with zero attached hydrogens (tertiary/aromatic N) is 3. The van der Waals surface area contributed by atoms with Gasteiger partial charge in [0, 0.05) is 48.5 Å². The van der Waals surface area contributed by atoms with Gasteiger partial charge in [0.05, 0.1) is 35.6 Å². The van der Waals surface area contributed by atoms with E-state index in [1.165, 1.54) is 28.0 Å². The molecule has 3 aliphatic heterocycles. The van der Waals surface area contributed by atoms with E-state index in [-0.39, 0.29) is 31.1 Å². The molecule has 1 aromatic carbocycles. The van der Waals surface area contributed by atoms with Crippen molar-refractivity contribution in [2.75, 3.05) is 34.9 Å². The quantitative estimate of drug-likeness (QED) is 0.162. The molecule has 3 saturated heterocycles. The predicted octanol–water partition coefficient (Wildman–Crippen LogP) is 5.52. The largest absolute Gasteiger partial charge is 0.509 e. The van der Waals surface area contributed by atoms with E-state index >= 15 is 4.39 Å². The van der Waals surface area contributed by atoms with Gasteiger partial charge in [0.2, 0.25) is 5.43 Å². The monoisotopic (exact) mass is 926 g/mol. The number of fused-ring (bicyclic) bond motifs is 2. The van der Waals surface area contributed by atoms with Gasteiger partial charge in [0.25, 0.3) is 11.6 Å². The number of cyclic esters (lactones) is 1. The Bertz CT molecular complexity index is 2280. The highest BCUT2D eigenvalue weighted by Gasteiger charge is 2.60. The summed E-state index contributed by atoms with van der Waals surface area (Å²) in [5, 5.41) is 19.1. The van der Waals surface area contributed by atoms with Crippen LogP contribution in [0.3, 0.4) is 0 Å². The molecular weight excluding hydrogens is 860 g/mol. The molecule has 18 heteroatoms. The number of Topliss-reactive ketones (excluding diaryl/α,β-unsaturated/α-hetero) is 1. The highest BCUT2D eigenvalue weighted by molar-refractivity contribution is 6.08. The average molecular weight is 927 g/mol. The number of amides is 1. The molecule has 4 heterocycles. The first-order valence-electron chi connectivity index (χ1n) is 22.8. The summed E-state index contributed by atoms with van der Waals surface area (Å²) in [5.41, 5.74) is -5.06. The first-order chi connectivity index (χ1) is 31.0. The van der Waals surface area contributed by atoms with Gasteiger partial charge >= 0.3 is 12.1 Å². The Balaban J connectivity index is 1.45. The number of carbonyl (C=O) groups excluding carboxylic acids is 4. The van der Waals surface area contributed by atoms with E-state index in [9.17, 15) is 29.1 Å². The number of aromatic nitrogens is 1. The molecule has 6 rings (SSSR count). The van der Waals surface area contributed by atoms with Gasteiger partial charge in [-0.05, 0) is 91.6 Å². The summed E-state index contributed by atoms with van der Waals surface area (Å²) < 4.78 is 56.0. The molecule has 2 aromatic rings. The Labute approximate surface area is 385 Å². The van der Waals surface area contributed by atoms with Gasteiger partial charge < -0.3 is 53.1 Å². The number of benzene rings is 1. The number of pyridine rings is 1. The summed E-state index contributed by atoms with van der Waals surface area (Å²) in [6, 6.07) is 5.18. The minimum atomic E-state index is -3.24. The average Bonchev–Trinajstić information content (AvgIpc) is 4.07.